The van der Waals surface area contributed by atoms with Crippen LogP contribution in [0.3, 0.4) is 0 Å². The van der Waals surface area contributed by atoms with Crippen molar-refractivity contribution in [2.45, 2.75) is 51.5 Å². The first kappa shape index (κ1) is 15.7. The van der Waals surface area contributed by atoms with Crippen LogP contribution in [0.5, 0.6) is 0 Å². The van der Waals surface area contributed by atoms with Crippen LogP contribution in [-0.2, 0) is 13.5 Å². The van der Waals surface area contributed by atoms with E-state index in [9.17, 15) is 4.79 Å². The van der Waals surface area contributed by atoms with Gasteiger partial charge in [-0.2, -0.15) is 10.1 Å². The second-order valence-electron chi connectivity index (χ2n) is 6.07. The van der Waals surface area contributed by atoms with Crippen molar-refractivity contribution < 1.29 is 9.32 Å². The first-order valence-corrected chi connectivity index (χ1v) is 8.31. The van der Waals surface area contributed by atoms with Crippen LogP contribution in [0.15, 0.2) is 16.9 Å². The Morgan fingerprint density at radius 2 is 2.30 bits per heavy atom. The number of nitrogens with zero attached hydrogens (tertiary/aromatic N) is 5. The van der Waals surface area contributed by atoms with Crippen LogP contribution < -0.4 is 0 Å². The van der Waals surface area contributed by atoms with E-state index in [1.54, 1.807) is 17.1 Å². The second kappa shape index (κ2) is 6.93. The maximum atomic E-state index is 12.8. The molecule has 1 aliphatic heterocycles. The molecule has 0 N–H and O–H groups in total. The standard InChI is InChI=1S/C16H23N5O2/c1-3-4-8-14-18-15(23-19-14)13-7-5-6-9-21(13)16(22)12-10-17-20(2)11-12/h10-11,13H,3-9H2,1-2H3. The third-order valence-corrected chi connectivity index (χ3v) is 4.24. The molecule has 0 spiro atoms. The molecule has 0 bridgehead atoms. The van der Waals surface area contributed by atoms with Crippen LogP contribution in [0.1, 0.15) is 67.1 Å². The lowest BCUT2D eigenvalue weighted by atomic mass is 10.0. The molecule has 2 aromatic heterocycles. The van der Waals surface area contributed by atoms with Gasteiger partial charge >= 0.3 is 0 Å². The molecular weight excluding hydrogens is 294 g/mol. The summed E-state index contributed by atoms with van der Waals surface area (Å²) in [5.41, 5.74) is 0.602. The van der Waals surface area contributed by atoms with Crippen molar-refractivity contribution in [2.24, 2.45) is 7.05 Å². The lowest BCUT2D eigenvalue weighted by Crippen LogP contribution is -2.38. The number of aromatic nitrogens is 4. The van der Waals surface area contributed by atoms with Crippen molar-refractivity contribution in [3.8, 4) is 0 Å². The number of hydrogen-bond acceptors (Lipinski definition) is 5. The van der Waals surface area contributed by atoms with Crippen molar-refractivity contribution >= 4 is 5.91 Å². The molecule has 1 unspecified atom stereocenters. The van der Waals surface area contributed by atoms with Crippen LogP contribution in [0.4, 0.5) is 0 Å². The van der Waals surface area contributed by atoms with Gasteiger partial charge in [0.2, 0.25) is 5.89 Å². The molecule has 1 aliphatic rings. The van der Waals surface area contributed by atoms with E-state index in [1.165, 1.54) is 0 Å². The normalized spacial score (nSPS) is 18.3. The predicted octanol–water partition coefficient (Wildman–Crippen LogP) is 2.51. The van der Waals surface area contributed by atoms with Gasteiger partial charge in [-0.1, -0.05) is 18.5 Å². The van der Waals surface area contributed by atoms with Gasteiger partial charge in [-0.25, -0.2) is 0 Å². The number of aryl methyl sites for hydroxylation is 2. The fraction of sp³-hybridized carbons (Fsp3) is 0.625. The maximum absolute atomic E-state index is 12.8. The van der Waals surface area contributed by atoms with E-state index >= 15 is 0 Å². The SMILES string of the molecule is CCCCc1noc(C2CCCCN2C(=O)c2cnn(C)c2)n1. The monoisotopic (exact) mass is 317 g/mol. The molecule has 0 radical (unpaired) electrons. The Morgan fingerprint density at radius 3 is 3.04 bits per heavy atom. The first-order chi connectivity index (χ1) is 11.2. The van der Waals surface area contributed by atoms with Crippen LogP contribution >= 0.6 is 0 Å². The van der Waals surface area contributed by atoms with Gasteiger partial charge in [0.05, 0.1) is 11.8 Å². The van der Waals surface area contributed by atoms with Crippen molar-refractivity contribution in [2.75, 3.05) is 6.54 Å². The molecule has 7 heteroatoms. The Morgan fingerprint density at radius 1 is 1.43 bits per heavy atom. The summed E-state index contributed by atoms with van der Waals surface area (Å²) in [6, 6.07) is -0.126. The van der Waals surface area contributed by atoms with Crippen LogP contribution in [0.25, 0.3) is 0 Å². The molecular formula is C16H23N5O2. The van der Waals surface area contributed by atoms with Gasteiger partial charge in [0, 0.05) is 26.2 Å². The zero-order valence-corrected chi connectivity index (χ0v) is 13.7. The molecule has 124 valence electrons. The van der Waals surface area contributed by atoms with Crippen LogP contribution in [-0.4, -0.2) is 37.3 Å². The Balaban J connectivity index is 1.78. The Kier molecular flexibility index (Phi) is 4.73. The van der Waals surface area contributed by atoms with E-state index in [4.69, 9.17) is 4.52 Å². The van der Waals surface area contributed by atoms with Crippen molar-refractivity contribution in [3.05, 3.63) is 29.7 Å². The topological polar surface area (TPSA) is 77.0 Å². The summed E-state index contributed by atoms with van der Waals surface area (Å²) in [5, 5.41) is 8.14. The number of rotatable bonds is 5. The summed E-state index contributed by atoms with van der Waals surface area (Å²) in [6.45, 7) is 2.85. The Bertz CT molecular complexity index is 663. The smallest absolute Gasteiger partial charge is 0.257 e. The lowest BCUT2D eigenvalue weighted by molar-refractivity contribution is 0.0561. The van der Waals surface area contributed by atoms with Gasteiger partial charge in [0.1, 0.15) is 6.04 Å². The van der Waals surface area contributed by atoms with E-state index in [2.05, 4.69) is 22.2 Å². The molecule has 2 aromatic rings. The van der Waals surface area contributed by atoms with E-state index in [0.29, 0.717) is 18.0 Å². The highest BCUT2D eigenvalue weighted by Gasteiger charge is 2.33. The van der Waals surface area contributed by atoms with E-state index < -0.39 is 0 Å². The summed E-state index contributed by atoms with van der Waals surface area (Å²) >= 11 is 0. The number of carbonyl (C=O) groups excluding carboxylic acids is 1. The molecule has 1 amide bonds. The summed E-state index contributed by atoms with van der Waals surface area (Å²) < 4.78 is 7.09. The molecule has 1 fully saturated rings. The summed E-state index contributed by atoms with van der Waals surface area (Å²) in [7, 11) is 1.81. The molecule has 3 rings (SSSR count). The average molecular weight is 317 g/mol. The van der Waals surface area contributed by atoms with E-state index in [0.717, 1.165) is 44.3 Å². The lowest BCUT2D eigenvalue weighted by Gasteiger charge is -2.33. The molecule has 1 atom stereocenters. The number of likely N-dealkylation sites (tertiary alicyclic amines) is 1. The third-order valence-electron chi connectivity index (χ3n) is 4.24. The minimum Gasteiger partial charge on any atom is -0.337 e. The highest BCUT2D eigenvalue weighted by atomic mass is 16.5. The van der Waals surface area contributed by atoms with Gasteiger partial charge in [-0.05, 0) is 25.7 Å². The zero-order chi connectivity index (χ0) is 16.2. The van der Waals surface area contributed by atoms with Crippen LogP contribution in [0, 0.1) is 0 Å². The number of piperidine rings is 1. The quantitative estimate of drug-likeness (QED) is 0.847. The largest absolute Gasteiger partial charge is 0.337 e. The fourth-order valence-corrected chi connectivity index (χ4v) is 2.97. The first-order valence-electron chi connectivity index (χ1n) is 8.31. The molecule has 0 aliphatic carbocycles. The highest BCUT2D eigenvalue weighted by molar-refractivity contribution is 5.94. The third kappa shape index (κ3) is 3.43. The molecule has 7 nitrogen and oxygen atoms in total. The maximum Gasteiger partial charge on any atom is 0.257 e. The minimum absolute atomic E-state index is 0.0175. The number of hydrogen-bond donors (Lipinski definition) is 0. The number of unbranched alkanes of at least 4 members (excludes halogenated alkanes) is 1. The molecule has 0 aromatic carbocycles. The van der Waals surface area contributed by atoms with Crippen molar-refractivity contribution in [3.63, 3.8) is 0 Å². The minimum atomic E-state index is -0.126. The van der Waals surface area contributed by atoms with Gasteiger partial charge in [-0.15, -0.1) is 0 Å². The molecule has 1 saturated heterocycles. The summed E-state index contributed by atoms with van der Waals surface area (Å²) in [6.07, 6.45) is 9.24. The summed E-state index contributed by atoms with van der Waals surface area (Å²) in [5.74, 6) is 1.28. The Hall–Kier alpha value is -2.18. The fourth-order valence-electron chi connectivity index (χ4n) is 2.97. The predicted molar refractivity (Wildman–Crippen MR) is 83.7 cm³/mol. The van der Waals surface area contributed by atoms with Gasteiger partial charge in [-0.3, -0.25) is 9.48 Å². The summed E-state index contributed by atoms with van der Waals surface area (Å²) in [4.78, 5) is 19.1. The second-order valence-corrected chi connectivity index (χ2v) is 6.07. The molecule has 0 saturated carbocycles. The van der Waals surface area contributed by atoms with Gasteiger partial charge < -0.3 is 9.42 Å². The number of amides is 1. The van der Waals surface area contributed by atoms with E-state index in [-0.39, 0.29) is 11.9 Å². The van der Waals surface area contributed by atoms with Gasteiger partial charge in [0.15, 0.2) is 5.82 Å². The average Bonchev–Trinajstić information content (AvgIpc) is 3.21. The van der Waals surface area contributed by atoms with Crippen molar-refractivity contribution in [1.82, 2.24) is 24.8 Å². The van der Waals surface area contributed by atoms with Gasteiger partial charge in [0.25, 0.3) is 5.91 Å². The molecule has 23 heavy (non-hydrogen) atoms. The zero-order valence-electron chi connectivity index (χ0n) is 13.7. The van der Waals surface area contributed by atoms with E-state index in [1.807, 2.05) is 11.9 Å². The highest BCUT2D eigenvalue weighted by Crippen LogP contribution is 2.31. The van der Waals surface area contributed by atoms with Crippen LogP contribution in [0.2, 0.25) is 0 Å². The molecule has 3 heterocycles. The Labute approximate surface area is 135 Å². The van der Waals surface area contributed by atoms with Crippen molar-refractivity contribution in [1.29, 1.82) is 0 Å². The number of carbonyl (C=O) groups is 1.